The quantitative estimate of drug-likeness (QED) is 0.796. The molecule has 0 amide bonds. The maximum atomic E-state index is 4.32. The number of pyridine rings is 1. The predicted molar refractivity (Wildman–Crippen MR) is 61.2 cm³/mol. The first-order chi connectivity index (χ1) is 7.40. The van der Waals surface area contributed by atoms with Gasteiger partial charge in [-0.25, -0.2) is 0 Å². The molecule has 1 heterocycles. The van der Waals surface area contributed by atoms with Gasteiger partial charge in [-0.2, -0.15) is 0 Å². The van der Waals surface area contributed by atoms with Crippen molar-refractivity contribution in [1.29, 1.82) is 0 Å². The number of quaternary nitrogens is 1. The van der Waals surface area contributed by atoms with Crippen molar-refractivity contribution in [2.45, 2.75) is 6.54 Å². The van der Waals surface area contributed by atoms with Gasteiger partial charge in [0.15, 0.2) is 0 Å². The summed E-state index contributed by atoms with van der Waals surface area (Å²) in [6.45, 7) is 1.03. The summed E-state index contributed by atoms with van der Waals surface area (Å²) in [6, 6.07) is 14.5. The third kappa shape index (κ3) is 2.42. The number of hydrogen-bond acceptors (Lipinski definition) is 1. The molecule has 15 heavy (non-hydrogen) atoms. The molecule has 0 radical (unpaired) electrons. The van der Waals surface area contributed by atoms with E-state index in [0.717, 1.165) is 12.2 Å². The first kappa shape index (κ1) is 9.87. The summed E-state index contributed by atoms with van der Waals surface area (Å²) in [5.41, 5.74) is 3.55. The fraction of sp³-hybridized carbons (Fsp3) is 0.154. The Kier molecular flexibility index (Phi) is 3.10. The maximum absolute atomic E-state index is 4.32. The zero-order valence-electron chi connectivity index (χ0n) is 8.85. The van der Waals surface area contributed by atoms with E-state index >= 15 is 0 Å². The average molecular weight is 199 g/mol. The van der Waals surface area contributed by atoms with Gasteiger partial charge >= 0.3 is 0 Å². The molecule has 0 fully saturated rings. The molecule has 1 aromatic heterocycles. The van der Waals surface area contributed by atoms with Gasteiger partial charge in [0.2, 0.25) is 0 Å². The van der Waals surface area contributed by atoms with Gasteiger partial charge in [-0.05, 0) is 12.1 Å². The van der Waals surface area contributed by atoms with Crippen LogP contribution in [-0.2, 0) is 6.54 Å². The second kappa shape index (κ2) is 4.71. The molecule has 0 atom stereocenters. The highest BCUT2D eigenvalue weighted by Crippen LogP contribution is 2.16. The number of rotatable bonds is 3. The Morgan fingerprint density at radius 1 is 1.07 bits per heavy atom. The van der Waals surface area contributed by atoms with Gasteiger partial charge in [0.05, 0.1) is 12.7 Å². The number of aromatic nitrogens is 1. The lowest BCUT2D eigenvalue weighted by Gasteiger charge is -2.01. The molecule has 0 aliphatic rings. The molecule has 2 aromatic rings. The molecule has 2 N–H and O–H groups in total. The van der Waals surface area contributed by atoms with Crippen LogP contribution >= 0.6 is 0 Å². The summed E-state index contributed by atoms with van der Waals surface area (Å²) in [6.07, 6.45) is 1.82. The van der Waals surface area contributed by atoms with E-state index in [2.05, 4.69) is 41.6 Å². The molecular weight excluding hydrogens is 184 g/mol. The van der Waals surface area contributed by atoms with Crippen LogP contribution in [0.3, 0.4) is 0 Å². The van der Waals surface area contributed by atoms with Crippen molar-refractivity contribution in [1.82, 2.24) is 4.98 Å². The van der Waals surface area contributed by atoms with E-state index in [1.807, 2.05) is 24.4 Å². The van der Waals surface area contributed by atoms with Crippen molar-refractivity contribution in [3.05, 3.63) is 54.2 Å². The van der Waals surface area contributed by atoms with E-state index in [0.29, 0.717) is 0 Å². The van der Waals surface area contributed by atoms with E-state index in [1.54, 1.807) is 0 Å². The first-order valence-electron chi connectivity index (χ1n) is 5.18. The minimum absolute atomic E-state index is 1.03. The van der Waals surface area contributed by atoms with Gasteiger partial charge in [0.25, 0.3) is 0 Å². The van der Waals surface area contributed by atoms with Gasteiger partial charge in [-0.15, -0.1) is 0 Å². The Labute approximate surface area is 90.0 Å². The van der Waals surface area contributed by atoms with Gasteiger partial charge in [0, 0.05) is 17.3 Å². The Balaban J connectivity index is 2.24. The molecule has 0 saturated heterocycles. The van der Waals surface area contributed by atoms with Crippen molar-refractivity contribution in [2.75, 3.05) is 7.05 Å². The summed E-state index contributed by atoms with van der Waals surface area (Å²) in [5.74, 6) is 0. The van der Waals surface area contributed by atoms with Crippen molar-refractivity contribution >= 4 is 0 Å². The highest BCUT2D eigenvalue weighted by molar-refractivity contribution is 5.58. The van der Waals surface area contributed by atoms with Gasteiger partial charge in [-0.1, -0.05) is 30.3 Å². The smallest absolute Gasteiger partial charge is 0.101 e. The molecule has 0 bridgehead atoms. The van der Waals surface area contributed by atoms with E-state index in [-0.39, 0.29) is 0 Å². The van der Waals surface area contributed by atoms with Crippen LogP contribution in [0.4, 0.5) is 0 Å². The Morgan fingerprint density at radius 2 is 1.87 bits per heavy atom. The van der Waals surface area contributed by atoms with Crippen LogP contribution in [0.15, 0.2) is 48.7 Å². The third-order valence-electron chi connectivity index (χ3n) is 2.35. The van der Waals surface area contributed by atoms with Crippen LogP contribution in [0.2, 0.25) is 0 Å². The lowest BCUT2D eigenvalue weighted by Crippen LogP contribution is -2.77. The van der Waals surface area contributed by atoms with Crippen LogP contribution in [-0.4, -0.2) is 12.0 Å². The number of hydrogen-bond donors (Lipinski definition) is 1. The Bertz CT molecular complexity index is 406. The minimum Gasteiger partial charge on any atom is -0.345 e. The molecule has 0 aliphatic carbocycles. The lowest BCUT2D eigenvalue weighted by atomic mass is 10.1. The highest BCUT2D eigenvalue weighted by atomic mass is 14.8. The van der Waals surface area contributed by atoms with Crippen LogP contribution in [0.25, 0.3) is 11.3 Å². The zero-order chi connectivity index (χ0) is 10.5. The summed E-state index contributed by atoms with van der Waals surface area (Å²) >= 11 is 0. The summed E-state index contributed by atoms with van der Waals surface area (Å²) in [5, 5.41) is 2.16. The summed E-state index contributed by atoms with van der Waals surface area (Å²) < 4.78 is 0. The van der Waals surface area contributed by atoms with E-state index in [4.69, 9.17) is 0 Å². The van der Waals surface area contributed by atoms with Crippen LogP contribution in [0.5, 0.6) is 0 Å². The second-order valence-corrected chi connectivity index (χ2v) is 3.52. The van der Waals surface area contributed by atoms with Crippen molar-refractivity contribution in [3.63, 3.8) is 0 Å². The number of nitrogens with two attached hydrogens (primary N) is 1. The molecule has 0 aliphatic heterocycles. The largest absolute Gasteiger partial charge is 0.345 e. The van der Waals surface area contributed by atoms with Crippen molar-refractivity contribution < 1.29 is 5.32 Å². The standard InChI is InChI=1S/C13H14N2/c1-14-10-11-5-7-12(8-6-11)13-4-2-3-9-15-13/h2-9,14H,10H2,1H3/p+1. The topological polar surface area (TPSA) is 29.5 Å². The van der Waals surface area contributed by atoms with E-state index < -0.39 is 0 Å². The summed E-state index contributed by atoms with van der Waals surface area (Å²) in [4.78, 5) is 4.32. The molecule has 0 saturated carbocycles. The van der Waals surface area contributed by atoms with Crippen molar-refractivity contribution in [2.24, 2.45) is 0 Å². The number of nitrogens with zero attached hydrogens (tertiary/aromatic N) is 1. The monoisotopic (exact) mass is 199 g/mol. The molecule has 2 heteroatoms. The van der Waals surface area contributed by atoms with Gasteiger partial charge < -0.3 is 5.32 Å². The molecular formula is C13H15N2+. The molecule has 2 nitrogen and oxygen atoms in total. The molecule has 2 rings (SSSR count). The van der Waals surface area contributed by atoms with E-state index in [1.165, 1.54) is 11.1 Å². The van der Waals surface area contributed by atoms with Crippen LogP contribution in [0.1, 0.15) is 5.56 Å². The van der Waals surface area contributed by atoms with Gasteiger partial charge in [0.1, 0.15) is 6.54 Å². The predicted octanol–water partition coefficient (Wildman–Crippen LogP) is 1.44. The second-order valence-electron chi connectivity index (χ2n) is 3.52. The van der Waals surface area contributed by atoms with Crippen molar-refractivity contribution in [3.8, 4) is 11.3 Å². The first-order valence-corrected chi connectivity index (χ1v) is 5.18. The van der Waals surface area contributed by atoms with Gasteiger partial charge in [-0.3, -0.25) is 4.98 Å². The van der Waals surface area contributed by atoms with E-state index in [9.17, 15) is 0 Å². The third-order valence-corrected chi connectivity index (χ3v) is 2.35. The fourth-order valence-electron chi connectivity index (χ4n) is 1.58. The fourth-order valence-corrected chi connectivity index (χ4v) is 1.58. The summed E-state index contributed by atoms with van der Waals surface area (Å²) in [7, 11) is 2.08. The lowest BCUT2D eigenvalue weighted by molar-refractivity contribution is -0.643. The maximum Gasteiger partial charge on any atom is 0.101 e. The normalized spacial score (nSPS) is 10.2. The van der Waals surface area contributed by atoms with Crippen LogP contribution in [0, 0.1) is 0 Å². The average Bonchev–Trinajstić information content (AvgIpc) is 2.32. The number of benzene rings is 1. The SMILES string of the molecule is C[NH2+]Cc1ccc(-c2ccccn2)cc1. The molecule has 1 aromatic carbocycles. The minimum atomic E-state index is 1.03. The highest BCUT2D eigenvalue weighted by Gasteiger charge is 1.98. The molecule has 0 spiro atoms. The Hall–Kier alpha value is -1.67. The zero-order valence-corrected chi connectivity index (χ0v) is 8.85. The molecule has 76 valence electrons. The van der Waals surface area contributed by atoms with Crippen LogP contribution < -0.4 is 5.32 Å². The Morgan fingerprint density at radius 3 is 2.47 bits per heavy atom. The molecule has 0 unspecified atom stereocenters.